The normalized spacial score (nSPS) is 29.6. The first-order chi connectivity index (χ1) is 7.66. The van der Waals surface area contributed by atoms with Crippen molar-refractivity contribution in [2.24, 2.45) is 5.41 Å². The summed E-state index contributed by atoms with van der Waals surface area (Å²) in [5, 5.41) is 0. The van der Waals surface area contributed by atoms with Crippen molar-refractivity contribution in [1.29, 1.82) is 0 Å². The minimum absolute atomic E-state index is 0.0895. The molecule has 0 aromatic carbocycles. The Labute approximate surface area is 106 Å². The van der Waals surface area contributed by atoms with Crippen molar-refractivity contribution in [3.8, 4) is 0 Å². The number of ketones is 1. The summed E-state index contributed by atoms with van der Waals surface area (Å²) in [4.78, 5) is 23.0. The van der Waals surface area contributed by atoms with E-state index in [9.17, 15) is 9.59 Å². The molecule has 1 rings (SSSR count). The number of alkyl halides is 1. The van der Waals surface area contributed by atoms with Crippen LogP contribution in [0.15, 0.2) is 0 Å². The zero-order chi connectivity index (χ0) is 12.0. The van der Waals surface area contributed by atoms with E-state index in [0.29, 0.717) is 0 Å². The van der Waals surface area contributed by atoms with Gasteiger partial charge < -0.3 is 4.79 Å². The molecule has 0 aromatic heterocycles. The number of unbranched alkanes of at least 4 members (excludes halogenated alkanes) is 4. The van der Waals surface area contributed by atoms with Gasteiger partial charge in [-0.1, -0.05) is 55.0 Å². The minimum Gasteiger partial charge on any atom is -0.302 e. The molecule has 1 fully saturated rings. The molecule has 0 aromatic rings. The maximum Gasteiger partial charge on any atom is 0.159 e. The lowest BCUT2D eigenvalue weighted by Gasteiger charge is -2.20. The molecular weight excluding hydrogens is 268 g/mol. The maximum absolute atomic E-state index is 11.9. The highest BCUT2D eigenvalue weighted by atomic mass is 79.9. The van der Waals surface area contributed by atoms with E-state index in [-0.39, 0.29) is 10.6 Å². The van der Waals surface area contributed by atoms with Crippen LogP contribution in [-0.4, -0.2) is 16.9 Å². The zero-order valence-corrected chi connectivity index (χ0v) is 11.6. The average molecular weight is 289 g/mol. The van der Waals surface area contributed by atoms with Crippen molar-refractivity contribution >= 4 is 28.0 Å². The van der Waals surface area contributed by atoms with E-state index in [1.165, 1.54) is 19.3 Å². The molecule has 0 amide bonds. The fourth-order valence-electron chi connectivity index (χ4n) is 2.42. The van der Waals surface area contributed by atoms with Gasteiger partial charge in [0.15, 0.2) is 5.78 Å². The van der Waals surface area contributed by atoms with Crippen molar-refractivity contribution in [1.82, 2.24) is 0 Å². The van der Waals surface area contributed by atoms with Crippen molar-refractivity contribution in [3.05, 3.63) is 0 Å². The molecule has 2 atom stereocenters. The SMILES string of the molecule is CCCCCCCC1(C=O)CCC(Br)C1=O. The Morgan fingerprint density at radius 2 is 2.06 bits per heavy atom. The van der Waals surface area contributed by atoms with Gasteiger partial charge in [0.2, 0.25) is 0 Å². The standard InChI is InChI=1S/C13H21BrO2/c1-2-3-4-5-6-8-13(10-15)9-7-11(14)12(13)16/h10-11H,2-9H2,1H3. The molecule has 16 heavy (non-hydrogen) atoms. The van der Waals surface area contributed by atoms with Crippen LogP contribution in [0, 0.1) is 5.41 Å². The number of aldehydes is 1. The third-order valence-electron chi connectivity index (χ3n) is 3.57. The summed E-state index contributed by atoms with van der Waals surface area (Å²) in [5.74, 6) is 0.109. The summed E-state index contributed by atoms with van der Waals surface area (Å²) >= 11 is 3.35. The summed E-state index contributed by atoms with van der Waals surface area (Å²) in [6, 6.07) is 0. The van der Waals surface area contributed by atoms with E-state index in [2.05, 4.69) is 22.9 Å². The predicted octanol–water partition coefficient (Wildman–Crippen LogP) is 3.66. The molecule has 0 aliphatic heterocycles. The van der Waals surface area contributed by atoms with E-state index in [1.54, 1.807) is 0 Å². The van der Waals surface area contributed by atoms with Crippen LogP contribution < -0.4 is 0 Å². The Morgan fingerprint density at radius 3 is 2.56 bits per heavy atom. The van der Waals surface area contributed by atoms with Gasteiger partial charge in [0.1, 0.15) is 6.29 Å². The Bertz CT molecular complexity index is 252. The lowest BCUT2D eigenvalue weighted by atomic mass is 9.81. The molecule has 0 saturated heterocycles. The van der Waals surface area contributed by atoms with Gasteiger partial charge in [-0.2, -0.15) is 0 Å². The lowest BCUT2D eigenvalue weighted by molar-refractivity contribution is -0.132. The molecule has 0 N–H and O–H groups in total. The largest absolute Gasteiger partial charge is 0.302 e. The quantitative estimate of drug-likeness (QED) is 0.310. The molecular formula is C13H21BrO2. The Hall–Kier alpha value is -0.180. The second-order valence-corrected chi connectivity index (χ2v) is 5.91. The van der Waals surface area contributed by atoms with Crippen LogP contribution in [0.4, 0.5) is 0 Å². The van der Waals surface area contributed by atoms with Crippen molar-refractivity contribution in [3.63, 3.8) is 0 Å². The molecule has 0 spiro atoms. The van der Waals surface area contributed by atoms with Crippen molar-refractivity contribution in [2.75, 3.05) is 0 Å². The number of Topliss-reactive ketones (excluding diaryl/α,β-unsaturated/α-hetero) is 1. The molecule has 0 radical (unpaired) electrons. The Balaban J connectivity index is 2.37. The molecule has 0 bridgehead atoms. The molecule has 3 heteroatoms. The van der Waals surface area contributed by atoms with Crippen LogP contribution in [0.5, 0.6) is 0 Å². The maximum atomic E-state index is 11.9. The average Bonchev–Trinajstić information content (AvgIpc) is 2.58. The summed E-state index contributed by atoms with van der Waals surface area (Å²) in [6.07, 6.45) is 9.04. The van der Waals surface area contributed by atoms with E-state index in [4.69, 9.17) is 0 Å². The van der Waals surface area contributed by atoms with Gasteiger partial charge in [-0.25, -0.2) is 0 Å². The number of hydrogen-bond acceptors (Lipinski definition) is 2. The van der Waals surface area contributed by atoms with Gasteiger partial charge in [0, 0.05) is 0 Å². The van der Waals surface area contributed by atoms with Crippen LogP contribution in [0.1, 0.15) is 58.3 Å². The van der Waals surface area contributed by atoms with Gasteiger partial charge in [-0.3, -0.25) is 4.79 Å². The molecule has 2 unspecified atom stereocenters. The first kappa shape index (κ1) is 13.9. The van der Waals surface area contributed by atoms with E-state index in [1.807, 2.05) is 0 Å². The van der Waals surface area contributed by atoms with Gasteiger partial charge in [0.25, 0.3) is 0 Å². The second kappa shape index (κ2) is 6.53. The third kappa shape index (κ3) is 3.16. The second-order valence-electron chi connectivity index (χ2n) is 4.81. The van der Waals surface area contributed by atoms with Crippen LogP contribution in [0.2, 0.25) is 0 Å². The molecule has 0 heterocycles. The Morgan fingerprint density at radius 1 is 1.38 bits per heavy atom. The monoisotopic (exact) mass is 288 g/mol. The van der Waals surface area contributed by atoms with Gasteiger partial charge in [-0.15, -0.1) is 0 Å². The topological polar surface area (TPSA) is 34.1 Å². The highest BCUT2D eigenvalue weighted by Gasteiger charge is 2.46. The summed E-state index contributed by atoms with van der Waals surface area (Å²) in [7, 11) is 0. The predicted molar refractivity (Wildman–Crippen MR) is 68.8 cm³/mol. The van der Waals surface area contributed by atoms with Gasteiger partial charge >= 0.3 is 0 Å². The lowest BCUT2D eigenvalue weighted by Crippen LogP contribution is -2.30. The highest BCUT2D eigenvalue weighted by molar-refractivity contribution is 9.10. The first-order valence-electron chi connectivity index (χ1n) is 6.31. The van der Waals surface area contributed by atoms with Gasteiger partial charge in [0.05, 0.1) is 10.2 Å². The van der Waals surface area contributed by atoms with Crippen LogP contribution in [-0.2, 0) is 9.59 Å². The van der Waals surface area contributed by atoms with E-state index < -0.39 is 5.41 Å². The molecule has 1 aliphatic carbocycles. The van der Waals surface area contributed by atoms with Gasteiger partial charge in [-0.05, 0) is 19.3 Å². The molecule has 2 nitrogen and oxygen atoms in total. The van der Waals surface area contributed by atoms with Crippen LogP contribution >= 0.6 is 15.9 Å². The molecule has 92 valence electrons. The summed E-state index contributed by atoms with van der Waals surface area (Å²) in [5.41, 5.74) is -0.652. The van der Waals surface area contributed by atoms with E-state index >= 15 is 0 Å². The van der Waals surface area contributed by atoms with Crippen molar-refractivity contribution in [2.45, 2.75) is 63.1 Å². The zero-order valence-electron chi connectivity index (χ0n) is 10.0. The number of carbonyl (C=O) groups is 2. The summed E-state index contributed by atoms with van der Waals surface area (Å²) < 4.78 is 0. The summed E-state index contributed by atoms with van der Waals surface area (Å²) in [6.45, 7) is 2.18. The van der Waals surface area contributed by atoms with Crippen LogP contribution in [0.25, 0.3) is 0 Å². The fourth-order valence-corrected chi connectivity index (χ4v) is 3.10. The Kier molecular flexibility index (Phi) is 5.67. The number of carbonyl (C=O) groups excluding carboxylic acids is 2. The van der Waals surface area contributed by atoms with Crippen molar-refractivity contribution < 1.29 is 9.59 Å². The molecule has 1 aliphatic rings. The number of hydrogen-bond donors (Lipinski definition) is 0. The number of halogens is 1. The minimum atomic E-state index is -0.652. The fraction of sp³-hybridized carbons (Fsp3) is 0.846. The third-order valence-corrected chi connectivity index (χ3v) is 4.44. The molecule has 1 saturated carbocycles. The highest BCUT2D eigenvalue weighted by Crippen LogP contribution is 2.40. The van der Waals surface area contributed by atoms with E-state index in [0.717, 1.165) is 38.4 Å². The number of rotatable bonds is 7. The smallest absolute Gasteiger partial charge is 0.159 e. The van der Waals surface area contributed by atoms with Crippen LogP contribution in [0.3, 0.4) is 0 Å². The first-order valence-corrected chi connectivity index (χ1v) is 7.22.